The van der Waals surface area contributed by atoms with Crippen LogP contribution in [-0.2, 0) is 29.2 Å². The van der Waals surface area contributed by atoms with Crippen molar-refractivity contribution in [1.82, 2.24) is 0 Å². The van der Waals surface area contributed by atoms with E-state index < -0.39 is 61.0 Å². The van der Waals surface area contributed by atoms with Gasteiger partial charge < -0.3 is 4.79 Å². The van der Waals surface area contributed by atoms with Gasteiger partial charge in [-0.05, 0) is 29.6 Å². The lowest BCUT2D eigenvalue weighted by molar-refractivity contribution is -0.167. The van der Waals surface area contributed by atoms with Crippen LogP contribution in [0.5, 0.6) is 0 Å². The van der Waals surface area contributed by atoms with Crippen molar-refractivity contribution < 1.29 is 47.9 Å². The van der Waals surface area contributed by atoms with E-state index in [0.717, 1.165) is 6.29 Å². The van der Waals surface area contributed by atoms with Crippen LogP contribution in [0.3, 0.4) is 0 Å². The molecular weight excluding hydrogens is 432 g/mol. The first-order valence-corrected chi connectivity index (χ1v) is 11.4. The second-order valence-corrected chi connectivity index (χ2v) is 11.0. The Morgan fingerprint density at radius 3 is 2.14 bits per heavy atom. The first kappa shape index (κ1) is 25.2. The van der Waals surface area contributed by atoms with Crippen molar-refractivity contribution in [2.75, 3.05) is 12.4 Å². The van der Waals surface area contributed by atoms with E-state index in [1.165, 1.54) is 0 Å². The van der Waals surface area contributed by atoms with Gasteiger partial charge in [-0.3, -0.25) is 8.74 Å². The highest BCUT2D eigenvalue weighted by Gasteiger charge is 2.65. The number of alkyl halides is 4. The molecular formula is C15H24F4O7S2. The lowest BCUT2D eigenvalue weighted by Gasteiger charge is -2.41. The molecule has 166 valence electrons. The van der Waals surface area contributed by atoms with E-state index in [1.54, 1.807) is 20.8 Å². The summed E-state index contributed by atoms with van der Waals surface area (Å²) in [6.07, 6.45) is 0.0441. The summed E-state index contributed by atoms with van der Waals surface area (Å²) in [6.45, 7) is 3.82. The molecule has 2 unspecified atom stereocenters. The Hall–Kier alpha value is -0.790. The largest absolute Gasteiger partial charge is 0.431 e. The molecule has 0 aromatic rings. The van der Waals surface area contributed by atoms with E-state index in [0.29, 0.717) is 12.8 Å². The summed E-state index contributed by atoms with van der Waals surface area (Å²) in [5, 5.41) is -5.78. The first-order chi connectivity index (χ1) is 12.3. The summed E-state index contributed by atoms with van der Waals surface area (Å²) >= 11 is 0. The van der Waals surface area contributed by atoms with E-state index in [2.05, 4.69) is 4.18 Å². The van der Waals surface area contributed by atoms with Gasteiger partial charge >= 0.3 is 21.3 Å². The Kier molecular flexibility index (Phi) is 7.03. The fraction of sp³-hybridized carbons (Fsp3) is 0.933. The number of carbonyl (C=O) groups is 1. The van der Waals surface area contributed by atoms with Crippen LogP contribution < -0.4 is 0 Å². The Bertz CT molecular complexity index is 793. The van der Waals surface area contributed by atoms with Gasteiger partial charge in [-0.1, -0.05) is 20.8 Å². The molecule has 1 saturated carbocycles. The van der Waals surface area contributed by atoms with E-state index in [-0.39, 0.29) is 12.3 Å². The van der Waals surface area contributed by atoms with Crippen LogP contribution in [-0.4, -0.2) is 51.2 Å². The minimum absolute atomic E-state index is 0.0806. The SMILES string of the molecule is CC1(CS(=O)(=O)OCCC(F)(F)C(F)(F)S(=O)(=O)O)CCC(CC=O)C1(C)C. The molecule has 0 amide bonds. The Morgan fingerprint density at radius 2 is 1.68 bits per heavy atom. The van der Waals surface area contributed by atoms with Crippen molar-refractivity contribution >= 4 is 26.5 Å². The molecule has 1 rings (SSSR count). The number of carbonyl (C=O) groups excluding carboxylic acids is 1. The molecule has 0 radical (unpaired) electrons. The highest BCUT2D eigenvalue weighted by atomic mass is 32.2. The van der Waals surface area contributed by atoms with Crippen LogP contribution in [0.1, 0.15) is 46.5 Å². The van der Waals surface area contributed by atoms with Crippen LogP contribution in [0, 0.1) is 16.7 Å². The maximum absolute atomic E-state index is 13.4. The smallest absolute Gasteiger partial charge is 0.303 e. The van der Waals surface area contributed by atoms with Crippen molar-refractivity contribution in [2.24, 2.45) is 16.7 Å². The molecule has 0 aromatic heterocycles. The topological polar surface area (TPSA) is 115 Å². The van der Waals surface area contributed by atoms with Gasteiger partial charge in [0.15, 0.2) is 0 Å². The van der Waals surface area contributed by atoms with Crippen molar-refractivity contribution in [3.05, 3.63) is 0 Å². The summed E-state index contributed by atoms with van der Waals surface area (Å²) in [5.41, 5.74) is -1.44. The van der Waals surface area contributed by atoms with Crippen LogP contribution >= 0.6 is 0 Å². The Balaban J connectivity index is 2.82. The molecule has 13 heteroatoms. The predicted octanol–water partition coefficient (Wildman–Crippen LogP) is 2.87. The highest BCUT2D eigenvalue weighted by molar-refractivity contribution is 7.87. The zero-order chi connectivity index (χ0) is 22.2. The fourth-order valence-electron chi connectivity index (χ4n) is 3.52. The van der Waals surface area contributed by atoms with E-state index in [4.69, 9.17) is 4.55 Å². The van der Waals surface area contributed by atoms with Gasteiger partial charge in [-0.15, -0.1) is 0 Å². The second-order valence-electron chi connectivity index (χ2n) is 7.89. The van der Waals surface area contributed by atoms with Gasteiger partial charge in [0, 0.05) is 12.8 Å². The number of aldehydes is 1. The zero-order valence-electron chi connectivity index (χ0n) is 15.6. The molecule has 1 fully saturated rings. The predicted molar refractivity (Wildman–Crippen MR) is 91.1 cm³/mol. The van der Waals surface area contributed by atoms with E-state index >= 15 is 0 Å². The van der Waals surface area contributed by atoms with Crippen molar-refractivity contribution in [2.45, 2.75) is 57.6 Å². The molecule has 0 aromatic carbocycles. The van der Waals surface area contributed by atoms with E-state index in [1.807, 2.05) is 0 Å². The van der Waals surface area contributed by atoms with Gasteiger partial charge in [0.25, 0.3) is 10.1 Å². The number of rotatable bonds is 10. The minimum atomic E-state index is -6.40. The molecule has 1 aliphatic carbocycles. The average Bonchev–Trinajstić information content (AvgIpc) is 2.68. The van der Waals surface area contributed by atoms with Crippen molar-refractivity contribution in [3.63, 3.8) is 0 Å². The normalized spacial score (nSPS) is 26.4. The maximum Gasteiger partial charge on any atom is 0.431 e. The second kappa shape index (κ2) is 7.80. The van der Waals surface area contributed by atoms with Gasteiger partial charge in [0.2, 0.25) is 0 Å². The molecule has 2 atom stereocenters. The van der Waals surface area contributed by atoms with Crippen molar-refractivity contribution in [1.29, 1.82) is 0 Å². The Morgan fingerprint density at radius 1 is 1.14 bits per heavy atom. The Labute approximate surface area is 161 Å². The average molecular weight is 456 g/mol. The van der Waals surface area contributed by atoms with Gasteiger partial charge in [0.1, 0.15) is 6.29 Å². The lowest BCUT2D eigenvalue weighted by atomic mass is 9.66. The highest BCUT2D eigenvalue weighted by Crippen LogP contribution is 2.57. The summed E-state index contributed by atoms with van der Waals surface area (Å²) < 4.78 is 111. The molecule has 28 heavy (non-hydrogen) atoms. The molecule has 1 aliphatic rings. The van der Waals surface area contributed by atoms with E-state index in [9.17, 15) is 39.2 Å². The summed E-state index contributed by atoms with van der Waals surface area (Å²) in [5.74, 6) is -5.90. The zero-order valence-corrected chi connectivity index (χ0v) is 17.3. The maximum atomic E-state index is 13.4. The minimum Gasteiger partial charge on any atom is -0.303 e. The van der Waals surface area contributed by atoms with Crippen LogP contribution in [0.2, 0.25) is 0 Å². The molecule has 0 saturated heterocycles. The quantitative estimate of drug-likeness (QED) is 0.233. The van der Waals surface area contributed by atoms with Crippen LogP contribution in [0.4, 0.5) is 17.6 Å². The van der Waals surface area contributed by atoms with Gasteiger partial charge in [-0.25, -0.2) is 0 Å². The molecule has 7 nitrogen and oxygen atoms in total. The fourth-order valence-corrected chi connectivity index (χ4v) is 5.72. The summed E-state index contributed by atoms with van der Waals surface area (Å²) in [7, 11) is -10.8. The van der Waals surface area contributed by atoms with Gasteiger partial charge in [0.05, 0.1) is 12.4 Å². The number of hydrogen-bond acceptors (Lipinski definition) is 6. The van der Waals surface area contributed by atoms with Gasteiger partial charge in [-0.2, -0.15) is 34.4 Å². The molecule has 0 heterocycles. The van der Waals surface area contributed by atoms with Crippen LogP contribution in [0.15, 0.2) is 0 Å². The standard InChI is InChI=1S/C15H24F4O7S2/c1-12(2)11(5-8-20)4-6-13(12,3)10-27(21,22)26-9-7-14(16,17)15(18,19)28(23,24)25/h8,11H,4-7,9-10H2,1-3H3,(H,23,24,25). The van der Waals surface area contributed by atoms with Crippen molar-refractivity contribution in [3.8, 4) is 0 Å². The number of halogens is 4. The third-order valence-corrected chi connectivity index (χ3v) is 8.39. The molecule has 0 spiro atoms. The van der Waals surface area contributed by atoms with Crippen LogP contribution in [0.25, 0.3) is 0 Å². The molecule has 1 N–H and O–H groups in total. The summed E-state index contributed by atoms with van der Waals surface area (Å²) in [4.78, 5) is 10.8. The lowest BCUT2D eigenvalue weighted by Crippen LogP contribution is -2.47. The first-order valence-electron chi connectivity index (χ1n) is 8.36. The summed E-state index contributed by atoms with van der Waals surface area (Å²) in [6, 6.07) is 0. The molecule has 0 aliphatic heterocycles. The number of hydrogen-bond donors (Lipinski definition) is 1. The third-order valence-electron chi connectivity index (χ3n) is 5.93. The molecule has 0 bridgehead atoms. The third kappa shape index (κ3) is 4.85. The monoisotopic (exact) mass is 456 g/mol.